The third-order valence-corrected chi connectivity index (χ3v) is 4.50. The van der Waals surface area contributed by atoms with E-state index < -0.39 is 6.10 Å². The summed E-state index contributed by atoms with van der Waals surface area (Å²) in [5, 5.41) is 13.1. The molecule has 7 heteroatoms. The molecule has 0 unspecified atom stereocenters. The maximum absolute atomic E-state index is 10.1. The molecule has 0 amide bonds. The van der Waals surface area contributed by atoms with E-state index in [1.54, 1.807) is 17.6 Å². The first-order chi connectivity index (χ1) is 10.8. The molecule has 3 rings (SSSR count). The van der Waals surface area contributed by atoms with E-state index in [1.807, 2.05) is 23.7 Å². The molecular weight excluding hydrogens is 302 g/mol. The lowest BCUT2D eigenvalue weighted by Crippen LogP contribution is -2.49. The van der Waals surface area contributed by atoms with Crippen LogP contribution < -0.4 is 4.90 Å². The van der Waals surface area contributed by atoms with E-state index >= 15 is 0 Å². The number of rotatable bonds is 7. The van der Waals surface area contributed by atoms with Crippen LogP contribution in [0.15, 0.2) is 34.4 Å². The average molecular weight is 323 g/mol. The van der Waals surface area contributed by atoms with E-state index in [-0.39, 0.29) is 0 Å². The Morgan fingerprint density at radius 2 is 2.23 bits per heavy atom. The number of aromatic nitrogens is 1. The SMILES string of the molecule is O[C@@H](COCc1ccco1)CN1CCN(c2nccs2)CC1. The molecule has 22 heavy (non-hydrogen) atoms. The quantitative estimate of drug-likeness (QED) is 0.832. The van der Waals surface area contributed by atoms with E-state index in [0.717, 1.165) is 37.1 Å². The fraction of sp³-hybridized carbons (Fsp3) is 0.533. The van der Waals surface area contributed by atoms with Gasteiger partial charge in [-0.05, 0) is 12.1 Å². The second-order valence-electron chi connectivity index (χ2n) is 5.35. The van der Waals surface area contributed by atoms with Gasteiger partial charge in [0.05, 0.1) is 19.0 Å². The molecule has 1 aliphatic heterocycles. The molecule has 0 aromatic carbocycles. The molecular formula is C15H21N3O3S. The second-order valence-corrected chi connectivity index (χ2v) is 6.22. The summed E-state index contributed by atoms with van der Waals surface area (Å²) >= 11 is 1.67. The molecule has 0 spiro atoms. The number of hydrogen-bond acceptors (Lipinski definition) is 7. The van der Waals surface area contributed by atoms with Gasteiger partial charge in [0, 0.05) is 44.3 Å². The molecule has 1 saturated heterocycles. The maximum Gasteiger partial charge on any atom is 0.185 e. The van der Waals surface area contributed by atoms with Gasteiger partial charge in [0.2, 0.25) is 0 Å². The number of nitrogens with zero attached hydrogens (tertiary/aromatic N) is 3. The molecule has 0 saturated carbocycles. The van der Waals surface area contributed by atoms with Crippen molar-refractivity contribution in [1.82, 2.24) is 9.88 Å². The predicted molar refractivity (Wildman–Crippen MR) is 85.1 cm³/mol. The minimum atomic E-state index is -0.471. The van der Waals surface area contributed by atoms with E-state index in [4.69, 9.17) is 9.15 Å². The Kier molecular flexibility index (Phi) is 5.44. The minimum absolute atomic E-state index is 0.327. The normalized spacial score (nSPS) is 17.8. The van der Waals surface area contributed by atoms with E-state index in [9.17, 15) is 5.11 Å². The van der Waals surface area contributed by atoms with Crippen molar-refractivity contribution in [3.63, 3.8) is 0 Å². The summed E-state index contributed by atoms with van der Waals surface area (Å²) in [5.74, 6) is 0.782. The fourth-order valence-corrected chi connectivity index (χ4v) is 3.23. The Hall–Kier alpha value is -1.41. The van der Waals surface area contributed by atoms with Gasteiger partial charge in [-0.2, -0.15) is 0 Å². The highest BCUT2D eigenvalue weighted by atomic mass is 32.1. The number of β-amino-alcohol motifs (C(OH)–C–C–N with tert-alkyl or cyclic N) is 1. The Bertz CT molecular complexity index is 524. The summed E-state index contributed by atoms with van der Waals surface area (Å²) in [7, 11) is 0. The average Bonchev–Trinajstić information content (AvgIpc) is 3.21. The predicted octanol–water partition coefficient (Wildman–Crippen LogP) is 1.44. The number of piperazine rings is 1. The summed E-state index contributed by atoms with van der Waals surface area (Å²) in [5.41, 5.74) is 0. The Balaban J connectivity index is 1.33. The highest BCUT2D eigenvalue weighted by Gasteiger charge is 2.20. The number of hydrogen-bond donors (Lipinski definition) is 1. The molecule has 120 valence electrons. The third-order valence-electron chi connectivity index (χ3n) is 3.67. The molecule has 1 N–H and O–H groups in total. The first-order valence-electron chi connectivity index (χ1n) is 7.46. The molecule has 3 heterocycles. The summed E-state index contributed by atoms with van der Waals surface area (Å²) in [6, 6.07) is 3.70. The molecule has 1 atom stereocenters. The summed E-state index contributed by atoms with van der Waals surface area (Å²) in [6.45, 7) is 5.16. The van der Waals surface area contributed by atoms with Gasteiger partial charge in [0.1, 0.15) is 12.4 Å². The maximum atomic E-state index is 10.1. The van der Waals surface area contributed by atoms with Gasteiger partial charge in [0.25, 0.3) is 0 Å². The highest BCUT2D eigenvalue weighted by Crippen LogP contribution is 2.18. The monoisotopic (exact) mass is 323 g/mol. The minimum Gasteiger partial charge on any atom is -0.467 e. The van der Waals surface area contributed by atoms with Crippen LogP contribution in [-0.4, -0.2) is 60.4 Å². The molecule has 1 fully saturated rings. The molecule has 0 bridgehead atoms. The molecule has 1 aliphatic rings. The number of aliphatic hydroxyl groups excluding tert-OH is 1. The highest BCUT2D eigenvalue weighted by molar-refractivity contribution is 7.13. The van der Waals surface area contributed by atoms with Crippen LogP contribution in [0.2, 0.25) is 0 Å². The van der Waals surface area contributed by atoms with Crippen molar-refractivity contribution in [2.45, 2.75) is 12.7 Å². The fourth-order valence-electron chi connectivity index (χ4n) is 2.53. The molecule has 0 radical (unpaired) electrons. The number of ether oxygens (including phenoxy) is 1. The van der Waals surface area contributed by atoms with Crippen LogP contribution >= 0.6 is 11.3 Å². The first kappa shape index (κ1) is 15.5. The van der Waals surface area contributed by atoms with E-state index in [0.29, 0.717) is 19.8 Å². The summed E-state index contributed by atoms with van der Waals surface area (Å²) in [6.07, 6.45) is 2.99. The van der Waals surface area contributed by atoms with Gasteiger partial charge in [0.15, 0.2) is 5.13 Å². The molecule has 0 aliphatic carbocycles. The van der Waals surface area contributed by atoms with Crippen molar-refractivity contribution in [2.75, 3.05) is 44.2 Å². The molecule has 6 nitrogen and oxygen atoms in total. The van der Waals surface area contributed by atoms with Crippen molar-refractivity contribution in [3.05, 3.63) is 35.7 Å². The Morgan fingerprint density at radius 3 is 2.91 bits per heavy atom. The Labute approximate surface area is 133 Å². The third kappa shape index (κ3) is 4.30. The van der Waals surface area contributed by atoms with Gasteiger partial charge in [-0.1, -0.05) is 0 Å². The van der Waals surface area contributed by atoms with Crippen LogP contribution in [0, 0.1) is 0 Å². The number of aliphatic hydroxyl groups is 1. The van der Waals surface area contributed by atoms with E-state index in [2.05, 4.69) is 14.8 Å². The van der Waals surface area contributed by atoms with Crippen molar-refractivity contribution < 1.29 is 14.3 Å². The van der Waals surface area contributed by atoms with Gasteiger partial charge < -0.3 is 19.2 Å². The van der Waals surface area contributed by atoms with Gasteiger partial charge in [-0.25, -0.2) is 4.98 Å². The van der Waals surface area contributed by atoms with Crippen LogP contribution in [-0.2, 0) is 11.3 Å². The van der Waals surface area contributed by atoms with Crippen molar-refractivity contribution >= 4 is 16.5 Å². The first-order valence-corrected chi connectivity index (χ1v) is 8.34. The van der Waals surface area contributed by atoms with Gasteiger partial charge in [-0.15, -0.1) is 11.3 Å². The lowest BCUT2D eigenvalue weighted by molar-refractivity contribution is 0.00442. The van der Waals surface area contributed by atoms with Crippen LogP contribution in [0.4, 0.5) is 5.13 Å². The van der Waals surface area contributed by atoms with Crippen molar-refractivity contribution in [2.24, 2.45) is 0 Å². The Morgan fingerprint density at radius 1 is 1.36 bits per heavy atom. The number of furan rings is 1. The largest absolute Gasteiger partial charge is 0.467 e. The zero-order valence-electron chi connectivity index (χ0n) is 12.4. The summed E-state index contributed by atoms with van der Waals surface area (Å²) < 4.78 is 10.7. The topological polar surface area (TPSA) is 62.0 Å². The number of anilines is 1. The van der Waals surface area contributed by atoms with Crippen molar-refractivity contribution in [1.29, 1.82) is 0 Å². The lowest BCUT2D eigenvalue weighted by Gasteiger charge is -2.35. The summed E-state index contributed by atoms with van der Waals surface area (Å²) in [4.78, 5) is 8.90. The smallest absolute Gasteiger partial charge is 0.185 e. The van der Waals surface area contributed by atoms with Crippen LogP contribution in [0.1, 0.15) is 5.76 Å². The standard InChI is InChI=1S/C15H21N3O3S/c19-13(11-20-12-14-2-1-8-21-14)10-17-4-6-18(7-5-17)15-16-3-9-22-15/h1-3,8-9,13,19H,4-7,10-12H2/t13-/m1/s1. The number of thiazole rings is 1. The molecule has 2 aromatic rings. The zero-order chi connectivity index (χ0) is 15.2. The van der Waals surface area contributed by atoms with Crippen molar-refractivity contribution in [3.8, 4) is 0 Å². The van der Waals surface area contributed by atoms with Crippen LogP contribution in [0.3, 0.4) is 0 Å². The van der Waals surface area contributed by atoms with Gasteiger partial charge >= 0.3 is 0 Å². The second kappa shape index (κ2) is 7.73. The lowest BCUT2D eigenvalue weighted by atomic mass is 10.3. The van der Waals surface area contributed by atoms with Crippen LogP contribution in [0.25, 0.3) is 0 Å². The van der Waals surface area contributed by atoms with Gasteiger partial charge in [-0.3, -0.25) is 4.90 Å². The zero-order valence-corrected chi connectivity index (χ0v) is 13.2. The van der Waals surface area contributed by atoms with Crippen LogP contribution in [0.5, 0.6) is 0 Å². The van der Waals surface area contributed by atoms with E-state index in [1.165, 1.54) is 0 Å². The molecule has 2 aromatic heterocycles.